The van der Waals surface area contributed by atoms with Gasteiger partial charge >= 0.3 is 0 Å². The van der Waals surface area contributed by atoms with E-state index < -0.39 is 0 Å². The van der Waals surface area contributed by atoms with Gasteiger partial charge in [-0.1, -0.05) is 0 Å². The molecule has 0 bridgehead atoms. The zero-order valence-corrected chi connectivity index (χ0v) is 7.38. The number of hydrogen-bond acceptors (Lipinski definition) is 3. The summed E-state index contributed by atoms with van der Waals surface area (Å²) in [7, 11) is 0. The van der Waals surface area contributed by atoms with Crippen molar-refractivity contribution in [3.05, 3.63) is 29.6 Å². The Kier molecular flexibility index (Phi) is 3.70. The van der Waals surface area contributed by atoms with E-state index in [-0.39, 0.29) is 0 Å². The molecule has 1 aromatic rings. The van der Waals surface area contributed by atoms with Gasteiger partial charge in [-0.05, 0) is 24.1 Å². The van der Waals surface area contributed by atoms with Crippen molar-refractivity contribution in [2.24, 2.45) is 5.73 Å². The van der Waals surface area contributed by atoms with Crippen LogP contribution in [0.4, 0.5) is 0 Å². The summed E-state index contributed by atoms with van der Waals surface area (Å²) in [5.41, 5.74) is 7.87. The average molecular weight is 165 g/mol. The summed E-state index contributed by atoms with van der Waals surface area (Å²) in [5, 5.41) is 3.23. The largest absolute Gasteiger partial charge is 0.329 e. The molecule has 3 nitrogen and oxygen atoms in total. The van der Waals surface area contributed by atoms with Crippen molar-refractivity contribution in [3.63, 3.8) is 0 Å². The number of rotatable bonds is 4. The molecule has 0 saturated carbocycles. The third kappa shape index (κ3) is 2.60. The summed E-state index contributed by atoms with van der Waals surface area (Å²) in [5.74, 6) is 0. The number of hydrogen-bond donors (Lipinski definition) is 2. The Morgan fingerprint density at radius 2 is 2.42 bits per heavy atom. The molecule has 0 fully saturated rings. The van der Waals surface area contributed by atoms with Gasteiger partial charge in [-0.2, -0.15) is 0 Å². The van der Waals surface area contributed by atoms with Crippen LogP contribution >= 0.6 is 0 Å². The predicted molar refractivity (Wildman–Crippen MR) is 49.7 cm³/mol. The van der Waals surface area contributed by atoms with E-state index in [0.29, 0.717) is 6.54 Å². The van der Waals surface area contributed by atoms with Crippen molar-refractivity contribution < 1.29 is 0 Å². The Bertz CT molecular complexity index is 235. The van der Waals surface area contributed by atoms with Gasteiger partial charge in [-0.25, -0.2) is 0 Å². The molecule has 1 aromatic heterocycles. The molecule has 0 amide bonds. The van der Waals surface area contributed by atoms with Gasteiger partial charge in [0.1, 0.15) is 0 Å². The van der Waals surface area contributed by atoms with E-state index in [1.165, 1.54) is 11.1 Å². The second-order valence-corrected chi connectivity index (χ2v) is 2.77. The maximum absolute atomic E-state index is 5.35. The van der Waals surface area contributed by atoms with Crippen LogP contribution in [0.5, 0.6) is 0 Å². The number of pyridine rings is 1. The number of nitrogens with one attached hydrogen (secondary N) is 1. The van der Waals surface area contributed by atoms with E-state index in [1.54, 1.807) is 0 Å². The van der Waals surface area contributed by atoms with Gasteiger partial charge in [0.15, 0.2) is 0 Å². The van der Waals surface area contributed by atoms with Crippen molar-refractivity contribution >= 4 is 0 Å². The molecule has 1 rings (SSSR count). The highest BCUT2D eigenvalue weighted by Gasteiger charge is 1.95. The van der Waals surface area contributed by atoms with Crippen LogP contribution in [-0.2, 0) is 6.54 Å². The number of aryl methyl sites for hydroxylation is 1. The number of nitrogens with two attached hydrogens (primary N) is 1. The zero-order valence-electron chi connectivity index (χ0n) is 7.38. The first-order valence-electron chi connectivity index (χ1n) is 4.15. The molecule has 0 spiro atoms. The van der Waals surface area contributed by atoms with Gasteiger partial charge in [0.25, 0.3) is 0 Å². The number of aromatic nitrogens is 1. The topological polar surface area (TPSA) is 50.9 Å². The quantitative estimate of drug-likeness (QED) is 0.636. The first kappa shape index (κ1) is 9.16. The van der Waals surface area contributed by atoms with Crippen LogP contribution in [0.25, 0.3) is 0 Å². The Labute approximate surface area is 73.0 Å². The zero-order chi connectivity index (χ0) is 8.81. The van der Waals surface area contributed by atoms with E-state index in [0.717, 1.165) is 13.1 Å². The minimum absolute atomic E-state index is 0.680. The molecule has 0 unspecified atom stereocenters. The Balaban J connectivity index is 2.46. The van der Waals surface area contributed by atoms with Crippen molar-refractivity contribution in [1.82, 2.24) is 10.3 Å². The van der Waals surface area contributed by atoms with Crippen LogP contribution in [0.1, 0.15) is 11.1 Å². The van der Waals surface area contributed by atoms with Crippen LogP contribution in [0.3, 0.4) is 0 Å². The van der Waals surface area contributed by atoms with Crippen LogP contribution in [0.2, 0.25) is 0 Å². The highest BCUT2D eigenvalue weighted by molar-refractivity contribution is 5.20. The molecule has 1 heterocycles. The van der Waals surface area contributed by atoms with E-state index in [9.17, 15) is 0 Å². The fourth-order valence-corrected chi connectivity index (χ4v) is 1.01. The standard InChI is InChI=1S/C9H15N3/c1-8-2-4-11-6-9(8)7-12-5-3-10/h2,4,6,12H,3,5,7,10H2,1H3. The summed E-state index contributed by atoms with van der Waals surface area (Å²) in [6.45, 7) is 4.48. The lowest BCUT2D eigenvalue weighted by atomic mass is 10.2. The SMILES string of the molecule is Cc1ccncc1CNCCN. The van der Waals surface area contributed by atoms with Crippen LogP contribution in [-0.4, -0.2) is 18.1 Å². The molecule has 0 aliphatic carbocycles. The van der Waals surface area contributed by atoms with Crippen molar-refractivity contribution in [2.75, 3.05) is 13.1 Å². The molecule has 0 aliphatic rings. The minimum Gasteiger partial charge on any atom is -0.329 e. The minimum atomic E-state index is 0.680. The third-order valence-corrected chi connectivity index (χ3v) is 1.78. The number of nitrogens with zero attached hydrogens (tertiary/aromatic N) is 1. The van der Waals surface area contributed by atoms with Crippen LogP contribution < -0.4 is 11.1 Å². The first-order valence-corrected chi connectivity index (χ1v) is 4.15. The summed E-state index contributed by atoms with van der Waals surface area (Å²) >= 11 is 0. The van der Waals surface area contributed by atoms with Crippen molar-refractivity contribution in [2.45, 2.75) is 13.5 Å². The Hall–Kier alpha value is -0.930. The molecule has 3 N–H and O–H groups in total. The van der Waals surface area contributed by atoms with Gasteiger partial charge in [0.05, 0.1) is 0 Å². The maximum Gasteiger partial charge on any atom is 0.0315 e. The fourth-order valence-electron chi connectivity index (χ4n) is 1.01. The summed E-state index contributed by atoms with van der Waals surface area (Å²) in [4.78, 5) is 4.05. The van der Waals surface area contributed by atoms with Crippen molar-refractivity contribution in [3.8, 4) is 0 Å². The summed E-state index contributed by atoms with van der Waals surface area (Å²) < 4.78 is 0. The summed E-state index contributed by atoms with van der Waals surface area (Å²) in [6.07, 6.45) is 3.70. The van der Waals surface area contributed by atoms with Crippen LogP contribution in [0, 0.1) is 6.92 Å². The molecule has 0 radical (unpaired) electrons. The smallest absolute Gasteiger partial charge is 0.0315 e. The average Bonchev–Trinajstić information content (AvgIpc) is 2.09. The highest BCUT2D eigenvalue weighted by Crippen LogP contribution is 2.03. The van der Waals surface area contributed by atoms with Crippen LogP contribution in [0.15, 0.2) is 18.5 Å². The lowest BCUT2D eigenvalue weighted by Crippen LogP contribution is -2.22. The molecule has 66 valence electrons. The van der Waals surface area contributed by atoms with E-state index >= 15 is 0 Å². The van der Waals surface area contributed by atoms with Gasteiger partial charge in [-0.3, -0.25) is 4.98 Å². The first-order chi connectivity index (χ1) is 5.84. The molecule has 12 heavy (non-hydrogen) atoms. The molecular weight excluding hydrogens is 150 g/mol. The summed E-state index contributed by atoms with van der Waals surface area (Å²) in [6, 6.07) is 2.01. The third-order valence-electron chi connectivity index (χ3n) is 1.78. The van der Waals surface area contributed by atoms with Gasteiger partial charge < -0.3 is 11.1 Å². The molecular formula is C9H15N3. The molecule has 3 heteroatoms. The second-order valence-electron chi connectivity index (χ2n) is 2.77. The monoisotopic (exact) mass is 165 g/mol. The second kappa shape index (κ2) is 4.85. The lowest BCUT2D eigenvalue weighted by molar-refractivity contribution is 0.690. The van der Waals surface area contributed by atoms with Gasteiger partial charge in [0, 0.05) is 32.0 Å². The lowest BCUT2D eigenvalue weighted by Gasteiger charge is -2.04. The Morgan fingerprint density at radius 1 is 1.58 bits per heavy atom. The Morgan fingerprint density at radius 3 is 3.08 bits per heavy atom. The normalized spacial score (nSPS) is 10.2. The highest BCUT2D eigenvalue weighted by atomic mass is 14.9. The fraction of sp³-hybridized carbons (Fsp3) is 0.444. The van der Waals surface area contributed by atoms with E-state index in [4.69, 9.17) is 5.73 Å². The molecule has 0 aromatic carbocycles. The molecule has 0 aliphatic heterocycles. The predicted octanol–water partition coefficient (Wildman–Crippen LogP) is 0.438. The molecule has 0 atom stereocenters. The maximum atomic E-state index is 5.35. The molecule has 0 saturated heterocycles. The van der Waals surface area contributed by atoms with E-state index in [1.807, 2.05) is 18.5 Å². The van der Waals surface area contributed by atoms with Gasteiger partial charge in [0.2, 0.25) is 0 Å². The van der Waals surface area contributed by atoms with Gasteiger partial charge in [-0.15, -0.1) is 0 Å². The van der Waals surface area contributed by atoms with Crippen molar-refractivity contribution in [1.29, 1.82) is 0 Å². The van der Waals surface area contributed by atoms with E-state index in [2.05, 4.69) is 17.2 Å².